The van der Waals surface area contributed by atoms with Crippen molar-refractivity contribution in [3.05, 3.63) is 34.4 Å². The third-order valence-corrected chi connectivity index (χ3v) is 3.08. The van der Waals surface area contributed by atoms with Crippen molar-refractivity contribution in [1.29, 1.82) is 0 Å². The van der Waals surface area contributed by atoms with Crippen molar-refractivity contribution in [2.45, 2.75) is 18.8 Å². The predicted molar refractivity (Wildman–Crippen MR) is 56.2 cm³/mol. The van der Waals surface area contributed by atoms with E-state index in [0.29, 0.717) is 5.56 Å². The molecule has 0 radical (unpaired) electrons. The zero-order chi connectivity index (χ0) is 10.8. The largest absolute Gasteiger partial charge is 0.317 e. The van der Waals surface area contributed by atoms with E-state index in [-0.39, 0.29) is 10.9 Å². The SMILES string of the molecule is Fc1cc(Cl)c(F)c(C2CCNCC2)c1. The highest BCUT2D eigenvalue weighted by Crippen LogP contribution is 2.31. The summed E-state index contributed by atoms with van der Waals surface area (Å²) in [7, 11) is 0. The minimum Gasteiger partial charge on any atom is -0.317 e. The Morgan fingerprint density at radius 1 is 1.20 bits per heavy atom. The summed E-state index contributed by atoms with van der Waals surface area (Å²) in [5.74, 6) is -0.848. The van der Waals surface area contributed by atoms with Crippen LogP contribution in [0.3, 0.4) is 0 Å². The quantitative estimate of drug-likeness (QED) is 0.733. The number of benzene rings is 1. The molecule has 2 rings (SSSR count). The van der Waals surface area contributed by atoms with E-state index >= 15 is 0 Å². The third-order valence-electron chi connectivity index (χ3n) is 2.80. The predicted octanol–water partition coefficient (Wildman–Crippen LogP) is 3.09. The summed E-state index contributed by atoms with van der Waals surface area (Å²) in [6, 6.07) is 2.28. The van der Waals surface area contributed by atoms with Crippen LogP contribution in [0.2, 0.25) is 5.02 Å². The molecule has 1 N–H and O–H groups in total. The minimum absolute atomic E-state index is 0.0828. The first-order valence-corrected chi connectivity index (χ1v) is 5.41. The van der Waals surface area contributed by atoms with E-state index < -0.39 is 11.6 Å². The van der Waals surface area contributed by atoms with E-state index in [4.69, 9.17) is 11.6 Å². The van der Waals surface area contributed by atoms with E-state index in [1.54, 1.807) is 0 Å². The van der Waals surface area contributed by atoms with Crippen LogP contribution in [0.5, 0.6) is 0 Å². The lowest BCUT2D eigenvalue weighted by atomic mass is 9.90. The molecule has 1 aliphatic rings. The Morgan fingerprint density at radius 3 is 2.53 bits per heavy atom. The zero-order valence-electron chi connectivity index (χ0n) is 8.19. The van der Waals surface area contributed by atoms with Gasteiger partial charge in [-0.15, -0.1) is 0 Å². The lowest BCUT2D eigenvalue weighted by Crippen LogP contribution is -2.27. The molecule has 0 atom stereocenters. The number of nitrogens with one attached hydrogen (secondary N) is 1. The molecule has 1 aromatic rings. The molecule has 0 saturated carbocycles. The third kappa shape index (κ3) is 2.29. The Morgan fingerprint density at radius 2 is 1.87 bits per heavy atom. The second-order valence-corrected chi connectivity index (χ2v) is 4.22. The van der Waals surface area contributed by atoms with E-state index in [1.807, 2.05) is 0 Å². The van der Waals surface area contributed by atoms with Gasteiger partial charge in [-0.1, -0.05) is 11.6 Å². The number of halogens is 3. The summed E-state index contributed by atoms with van der Waals surface area (Å²) in [5.41, 5.74) is 0.418. The number of piperidine rings is 1. The molecule has 15 heavy (non-hydrogen) atoms. The van der Waals surface area contributed by atoms with Crippen LogP contribution in [-0.4, -0.2) is 13.1 Å². The van der Waals surface area contributed by atoms with E-state index in [9.17, 15) is 8.78 Å². The van der Waals surface area contributed by atoms with Gasteiger partial charge in [0, 0.05) is 0 Å². The van der Waals surface area contributed by atoms with Gasteiger partial charge in [0.05, 0.1) is 5.02 Å². The lowest BCUT2D eigenvalue weighted by molar-refractivity contribution is 0.442. The van der Waals surface area contributed by atoms with Crippen molar-refractivity contribution >= 4 is 11.6 Å². The molecule has 1 aromatic carbocycles. The van der Waals surface area contributed by atoms with Crippen LogP contribution in [0, 0.1) is 11.6 Å². The van der Waals surface area contributed by atoms with Crippen LogP contribution in [0.25, 0.3) is 0 Å². The molecule has 82 valence electrons. The van der Waals surface area contributed by atoms with Crippen LogP contribution in [0.4, 0.5) is 8.78 Å². The highest BCUT2D eigenvalue weighted by atomic mass is 35.5. The molecule has 0 bridgehead atoms. The first-order valence-electron chi connectivity index (χ1n) is 5.03. The fraction of sp³-hybridized carbons (Fsp3) is 0.455. The van der Waals surface area contributed by atoms with Crippen molar-refractivity contribution in [3.63, 3.8) is 0 Å². The number of hydrogen-bond acceptors (Lipinski definition) is 1. The smallest absolute Gasteiger partial charge is 0.145 e. The minimum atomic E-state index is -0.468. The summed E-state index contributed by atoms with van der Waals surface area (Å²) in [6.45, 7) is 1.69. The maximum absolute atomic E-state index is 13.6. The van der Waals surface area contributed by atoms with Crippen LogP contribution < -0.4 is 5.32 Å². The highest BCUT2D eigenvalue weighted by molar-refractivity contribution is 6.30. The standard InChI is InChI=1S/C11H12ClF2N/c12-10-6-8(13)5-9(11(10)14)7-1-3-15-4-2-7/h5-7,15H,1-4H2. The second-order valence-electron chi connectivity index (χ2n) is 3.82. The normalized spacial score (nSPS) is 18.1. The summed E-state index contributed by atoms with van der Waals surface area (Å²) >= 11 is 5.61. The van der Waals surface area contributed by atoms with Gasteiger partial charge in [0.2, 0.25) is 0 Å². The summed E-state index contributed by atoms with van der Waals surface area (Å²) in [5, 5.41) is 3.06. The molecule has 0 amide bonds. The van der Waals surface area contributed by atoms with Gasteiger partial charge in [-0.2, -0.15) is 0 Å². The first-order chi connectivity index (χ1) is 7.18. The van der Waals surface area contributed by atoms with Crippen molar-refractivity contribution in [2.24, 2.45) is 0 Å². The van der Waals surface area contributed by atoms with Crippen molar-refractivity contribution in [2.75, 3.05) is 13.1 Å². The second kappa shape index (κ2) is 4.45. The van der Waals surface area contributed by atoms with Gasteiger partial charge in [0.25, 0.3) is 0 Å². The fourth-order valence-corrected chi connectivity index (χ4v) is 2.22. The molecule has 1 nitrogen and oxygen atoms in total. The van der Waals surface area contributed by atoms with Crippen LogP contribution >= 0.6 is 11.6 Å². The molecule has 0 aliphatic carbocycles. The fourth-order valence-electron chi connectivity index (χ4n) is 2.01. The number of rotatable bonds is 1. The molecule has 0 spiro atoms. The molecular formula is C11H12ClF2N. The van der Waals surface area contributed by atoms with Crippen LogP contribution in [-0.2, 0) is 0 Å². The Labute approximate surface area is 92.4 Å². The first kappa shape index (κ1) is 10.8. The van der Waals surface area contributed by atoms with Gasteiger partial charge >= 0.3 is 0 Å². The van der Waals surface area contributed by atoms with Crippen LogP contribution in [0.15, 0.2) is 12.1 Å². The highest BCUT2D eigenvalue weighted by Gasteiger charge is 2.20. The van der Waals surface area contributed by atoms with Crippen molar-refractivity contribution in [1.82, 2.24) is 5.32 Å². The average Bonchev–Trinajstić information content (AvgIpc) is 2.24. The van der Waals surface area contributed by atoms with E-state index in [0.717, 1.165) is 32.0 Å². The van der Waals surface area contributed by atoms with E-state index in [1.165, 1.54) is 6.07 Å². The Balaban J connectivity index is 2.33. The van der Waals surface area contributed by atoms with Crippen molar-refractivity contribution in [3.8, 4) is 0 Å². The Bertz CT molecular complexity index is 362. The van der Waals surface area contributed by atoms with Gasteiger partial charge in [0.15, 0.2) is 0 Å². The molecular weight excluding hydrogens is 220 g/mol. The molecule has 0 aromatic heterocycles. The van der Waals surface area contributed by atoms with E-state index in [2.05, 4.69) is 5.32 Å². The van der Waals surface area contributed by atoms with Crippen molar-refractivity contribution < 1.29 is 8.78 Å². The van der Waals surface area contributed by atoms with Gasteiger partial charge in [-0.05, 0) is 49.5 Å². The Hall–Kier alpha value is -0.670. The van der Waals surface area contributed by atoms with Gasteiger partial charge in [-0.3, -0.25) is 0 Å². The molecule has 4 heteroatoms. The lowest BCUT2D eigenvalue weighted by Gasteiger charge is -2.23. The molecule has 0 unspecified atom stereocenters. The monoisotopic (exact) mass is 231 g/mol. The maximum Gasteiger partial charge on any atom is 0.145 e. The molecule has 1 heterocycles. The van der Waals surface area contributed by atoms with Crippen LogP contribution in [0.1, 0.15) is 24.3 Å². The topological polar surface area (TPSA) is 12.0 Å². The number of hydrogen-bond donors (Lipinski definition) is 1. The zero-order valence-corrected chi connectivity index (χ0v) is 8.95. The van der Waals surface area contributed by atoms with Gasteiger partial charge in [0.1, 0.15) is 11.6 Å². The molecule has 1 fully saturated rings. The molecule has 1 saturated heterocycles. The van der Waals surface area contributed by atoms with Gasteiger partial charge in [-0.25, -0.2) is 8.78 Å². The maximum atomic E-state index is 13.6. The summed E-state index contributed by atoms with van der Waals surface area (Å²) in [6.07, 6.45) is 1.66. The summed E-state index contributed by atoms with van der Waals surface area (Å²) < 4.78 is 26.7. The molecule has 1 aliphatic heterocycles. The van der Waals surface area contributed by atoms with Gasteiger partial charge < -0.3 is 5.32 Å². The Kier molecular flexibility index (Phi) is 3.22. The average molecular weight is 232 g/mol. The summed E-state index contributed by atoms with van der Waals surface area (Å²) in [4.78, 5) is 0.